The molecular weight excluding hydrogens is 464 g/mol. The van der Waals surface area contributed by atoms with Crippen LogP contribution in [0.3, 0.4) is 0 Å². The van der Waals surface area contributed by atoms with Gasteiger partial charge in [0.05, 0.1) is 36.9 Å². The highest BCUT2D eigenvalue weighted by molar-refractivity contribution is 6.03. The number of rotatable bonds is 6. The van der Waals surface area contributed by atoms with Crippen LogP contribution in [0.5, 0.6) is 11.5 Å². The van der Waals surface area contributed by atoms with E-state index in [0.29, 0.717) is 47.8 Å². The van der Waals surface area contributed by atoms with E-state index >= 15 is 0 Å². The second kappa shape index (κ2) is 11.3. The zero-order valence-corrected chi connectivity index (χ0v) is 20.7. The number of ether oxygens (including phenoxy) is 3. The molecule has 2 aliphatic rings. The Hall–Kier alpha value is -3.79. The van der Waals surface area contributed by atoms with Crippen molar-refractivity contribution >= 4 is 29.2 Å². The fourth-order valence-corrected chi connectivity index (χ4v) is 4.61. The lowest BCUT2D eigenvalue weighted by atomic mass is 9.94. The Bertz CT molecular complexity index is 1120. The normalized spacial score (nSPS) is 21.1. The van der Waals surface area contributed by atoms with Crippen molar-refractivity contribution in [2.45, 2.75) is 44.4 Å². The summed E-state index contributed by atoms with van der Waals surface area (Å²) >= 11 is 0. The van der Waals surface area contributed by atoms with E-state index in [1.54, 1.807) is 48.3 Å². The molecule has 0 saturated carbocycles. The minimum atomic E-state index is -0.467. The Kier molecular flexibility index (Phi) is 7.94. The lowest BCUT2D eigenvalue weighted by molar-refractivity contribution is -0.133. The summed E-state index contributed by atoms with van der Waals surface area (Å²) in [5.74, 6) is 0.681. The van der Waals surface area contributed by atoms with Gasteiger partial charge in [-0.1, -0.05) is 12.1 Å². The molecule has 0 radical (unpaired) electrons. The number of methoxy groups -OCH3 is 1. The number of benzene rings is 2. The van der Waals surface area contributed by atoms with E-state index in [0.717, 1.165) is 0 Å². The Morgan fingerprint density at radius 2 is 1.94 bits per heavy atom. The second-order valence-electron chi connectivity index (χ2n) is 8.82. The second-order valence-corrected chi connectivity index (χ2v) is 8.82. The highest BCUT2D eigenvalue weighted by Crippen LogP contribution is 2.32. The van der Waals surface area contributed by atoms with Gasteiger partial charge in [0, 0.05) is 19.3 Å². The fraction of sp³-hybridized carbons (Fsp3) is 0.423. The molecule has 10 nitrogen and oxygen atoms in total. The molecule has 2 heterocycles. The minimum absolute atomic E-state index is 0.0442. The van der Waals surface area contributed by atoms with E-state index in [-0.39, 0.29) is 43.1 Å². The molecule has 0 spiro atoms. The number of hydrogen-bond donors (Lipinski definition) is 3. The van der Waals surface area contributed by atoms with Crippen molar-refractivity contribution in [3.63, 3.8) is 0 Å². The van der Waals surface area contributed by atoms with Crippen molar-refractivity contribution in [1.29, 1.82) is 0 Å². The number of carbonyl (C=O) groups is 3. The van der Waals surface area contributed by atoms with Crippen LogP contribution in [-0.2, 0) is 9.53 Å². The molecule has 3 N–H and O–H groups in total. The summed E-state index contributed by atoms with van der Waals surface area (Å²) in [7, 11) is 3.28. The number of amides is 4. The first-order valence-electron chi connectivity index (χ1n) is 12.1. The smallest absolute Gasteiger partial charge is 0.323 e. The maximum atomic E-state index is 13.4. The summed E-state index contributed by atoms with van der Waals surface area (Å²) in [6.45, 7) is 2.71. The molecule has 0 bridgehead atoms. The molecule has 1 fully saturated rings. The third-order valence-corrected chi connectivity index (χ3v) is 6.41. The maximum Gasteiger partial charge on any atom is 0.323 e. The Labute approximate surface area is 210 Å². The molecule has 2 aliphatic heterocycles. The lowest BCUT2D eigenvalue weighted by Crippen LogP contribution is -2.54. The molecular formula is C26H32N4O6. The number of fused-ring (bicyclic) bond motifs is 2. The Balaban J connectivity index is 1.45. The predicted molar refractivity (Wildman–Crippen MR) is 135 cm³/mol. The van der Waals surface area contributed by atoms with Gasteiger partial charge in [0.1, 0.15) is 24.2 Å². The van der Waals surface area contributed by atoms with E-state index < -0.39 is 6.03 Å². The van der Waals surface area contributed by atoms with Gasteiger partial charge < -0.3 is 35.1 Å². The summed E-state index contributed by atoms with van der Waals surface area (Å²) in [5, 5.41) is 8.31. The number of anilines is 2. The number of nitrogens with zero attached hydrogens (tertiary/aromatic N) is 1. The molecule has 192 valence electrons. The maximum absolute atomic E-state index is 13.4. The van der Waals surface area contributed by atoms with Crippen LogP contribution in [0.1, 0.15) is 36.5 Å². The summed E-state index contributed by atoms with van der Waals surface area (Å²) < 4.78 is 17.4. The summed E-state index contributed by atoms with van der Waals surface area (Å²) in [4.78, 5) is 39.6. The molecule has 2 aromatic rings. The van der Waals surface area contributed by atoms with Crippen molar-refractivity contribution in [3.05, 3.63) is 48.0 Å². The van der Waals surface area contributed by atoms with Gasteiger partial charge in [-0.3, -0.25) is 9.59 Å². The fourth-order valence-electron chi connectivity index (χ4n) is 4.61. The van der Waals surface area contributed by atoms with Gasteiger partial charge in [-0.15, -0.1) is 0 Å². The van der Waals surface area contributed by atoms with Crippen LogP contribution < -0.4 is 25.4 Å². The molecule has 4 amide bonds. The molecule has 4 rings (SSSR count). The van der Waals surface area contributed by atoms with Crippen molar-refractivity contribution in [2.24, 2.45) is 0 Å². The highest BCUT2D eigenvalue weighted by atomic mass is 16.5. The SMILES string of the molecule is CCNC(=O)C[C@@H]1CC[C@H]2[C@@H](COc3ccc(NC(=O)Nc4ccccc4OC)cc3C(=O)N2C)O1. The average Bonchev–Trinajstić information content (AvgIpc) is 2.87. The summed E-state index contributed by atoms with van der Waals surface area (Å²) in [6.07, 6.45) is 1.11. The summed E-state index contributed by atoms with van der Waals surface area (Å²) in [6, 6.07) is 11.4. The first kappa shape index (κ1) is 25.3. The molecule has 2 aromatic carbocycles. The number of para-hydroxylation sites is 2. The largest absolute Gasteiger partial charge is 0.495 e. The first-order valence-corrected chi connectivity index (χ1v) is 12.1. The van der Waals surface area contributed by atoms with Crippen LogP contribution in [0.15, 0.2) is 42.5 Å². The number of carbonyl (C=O) groups excluding carboxylic acids is 3. The number of hydrogen-bond acceptors (Lipinski definition) is 6. The number of nitrogens with one attached hydrogen (secondary N) is 3. The molecule has 0 unspecified atom stereocenters. The lowest BCUT2D eigenvalue weighted by Gasteiger charge is -2.42. The molecule has 36 heavy (non-hydrogen) atoms. The monoisotopic (exact) mass is 496 g/mol. The Morgan fingerprint density at radius 3 is 2.72 bits per heavy atom. The predicted octanol–water partition coefficient (Wildman–Crippen LogP) is 3.25. The highest BCUT2D eigenvalue weighted by Gasteiger charge is 2.39. The minimum Gasteiger partial charge on any atom is -0.495 e. The standard InChI is InChI=1S/C26H32N4O6/c1-4-27-24(31)14-17-10-11-20-23(36-17)15-35-21-12-9-16(13-18(21)25(32)30(20)2)28-26(33)29-19-7-5-6-8-22(19)34-3/h5-9,12-13,17,20,23H,4,10-11,14-15H2,1-3H3,(H,27,31)(H2,28,29,33)/t17-,20-,23+/m0/s1. The summed E-state index contributed by atoms with van der Waals surface area (Å²) in [5.41, 5.74) is 1.33. The first-order chi connectivity index (χ1) is 17.4. The number of urea groups is 1. The van der Waals surface area contributed by atoms with Gasteiger partial charge in [0.25, 0.3) is 5.91 Å². The molecule has 3 atom stereocenters. The third-order valence-electron chi connectivity index (χ3n) is 6.41. The van der Waals surface area contributed by atoms with Gasteiger partial charge >= 0.3 is 6.03 Å². The van der Waals surface area contributed by atoms with Gasteiger partial charge in [0.2, 0.25) is 5.91 Å². The van der Waals surface area contributed by atoms with E-state index in [1.165, 1.54) is 7.11 Å². The molecule has 0 aromatic heterocycles. The van der Waals surface area contributed by atoms with E-state index in [1.807, 2.05) is 13.0 Å². The molecule has 10 heteroatoms. The van der Waals surface area contributed by atoms with Crippen molar-refractivity contribution in [2.75, 3.05) is 37.9 Å². The van der Waals surface area contributed by atoms with Gasteiger partial charge in [-0.25, -0.2) is 4.79 Å². The van der Waals surface area contributed by atoms with Gasteiger partial charge in [0.15, 0.2) is 0 Å². The topological polar surface area (TPSA) is 118 Å². The van der Waals surface area contributed by atoms with Crippen LogP contribution in [-0.4, -0.2) is 68.3 Å². The van der Waals surface area contributed by atoms with Crippen LogP contribution in [0, 0.1) is 0 Å². The average molecular weight is 497 g/mol. The van der Waals surface area contributed by atoms with Crippen molar-refractivity contribution in [3.8, 4) is 11.5 Å². The van der Waals surface area contributed by atoms with Crippen LogP contribution in [0.25, 0.3) is 0 Å². The molecule has 0 aliphatic carbocycles. The van der Waals surface area contributed by atoms with Crippen LogP contribution in [0.2, 0.25) is 0 Å². The zero-order valence-electron chi connectivity index (χ0n) is 20.7. The van der Waals surface area contributed by atoms with E-state index in [4.69, 9.17) is 14.2 Å². The van der Waals surface area contributed by atoms with Crippen molar-refractivity contribution in [1.82, 2.24) is 10.2 Å². The molecule has 1 saturated heterocycles. The van der Waals surface area contributed by atoms with Gasteiger partial charge in [-0.2, -0.15) is 0 Å². The van der Waals surface area contributed by atoms with Crippen molar-refractivity contribution < 1.29 is 28.6 Å². The quantitative estimate of drug-likeness (QED) is 0.565. The van der Waals surface area contributed by atoms with Crippen LogP contribution in [0.4, 0.5) is 16.2 Å². The van der Waals surface area contributed by atoms with Gasteiger partial charge in [-0.05, 0) is 50.1 Å². The number of likely N-dealkylation sites (N-methyl/N-ethyl adjacent to an activating group) is 1. The van der Waals surface area contributed by atoms with E-state index in [9.17, 15) is 14.4 Å². The van der Waals surface area contributed by atoms with E-state index in [2.05, 4.69) is 16.0 Å². The Morgan fingerprint density at radius 1 is 1.14 bits per heavy atom. The third kappa shape index (κ3) is 5.71. The zero-order chi connectivity index (χ0) is 25.7. The van der Waals surface area contributed by atoms with Crippen LogP contribution >= 0.6 is 0 Å².